The molecule has 0 saturated carbocycles. The van der Waals surface area contributed by atoms with Crippen LogP contribution < -0.4 is 0 Å². The third-order valence-corrected chi connectivity index (χ3v) is 4.00. The van der Waals surface area contributed by atoms with Crippen LogP contribution in [0.4, 0.5) is 0 Å². The van der Waals surface area contributed by atoms with Crippen molar-refractivity contribution in [2.45, 2.75) is 42.7 Å². The number of hydrogen-bond acceptors (Lipinski definition) is 5. The Kier molecular flexibility index (Phi) is 4.91. The van der Waals surface area contributed by atoms with Gasteiger partial charge in [0.1, 0.15) is 5.82 Å². The van der Waals surface area contributed by atoms with Gasteiger partial charge < -0.3 is 0 Å². The zero-order valence-corrected chi connectivity index (χ0v) is 9.99. The highest BCUT2D eigenvalue weighted by molar-refractivity contribution is 8.01. The number of nitriles is 1. The molecular weight excluding hydrogens is 214 g/mol. The molecule has 0 aromatic carbocycles. The predicted octanol–water partition coefficient (Wildman–Crippen LogP) is 2.88. The third kappa shape index (κ3) is 3.28. The molecule has 0 radical (unpaired) electrons. The fourth-order valence-corrected chi connectivity index (χ4v) is 2.90. The summed E-state index contributed by atoms with van der Waals surface area (Å²) in [5, 5.41) is 8.96. The molecule has 0 aliphatic heterocycles. The van der Waals surface area contributed by atoms with Gasteiger partial charge in [0.2, 0.25) is 0 Å². The molecule has 0 saturated heterocycles. The molecule has 0 bridgehead atoms. The lowest BCUT2D eigenvalue weighted by Gasteiger charge is -2.06. The van der Waals surface area contributed by atoms with Crippen molar-refractivity contribution in [3.8, 4) is 6.07 Å². The summed E-state index contributed by atoms with van der Waals surface area (Å²) in [6, 6.07) is 2.20. The van der Waals surface area contributed by atoms with E-state index in [0.717, 1.165) is 23.0 Å². The van der Waals surface area contributed by atoms with Crippen molar-refractivity contribution in [3.63, 3.8) is 0 Å². The van der Waals surface area contributed by atoms with Crippen LogP contribution in [0.1, 0.15) is 32.5 Å². The van der Waals surface area contributed by atoms with E-state index in [2.05, 4.69) is 22.4 Å². The van der Waals surface area contributed by atoms with E-state index in [4.69, 9.17) is 5.26 Å². The smallest absolute Gasteiger partial charge is 0.170 e. The summed E-state index contributed by atoms with van der Waals surface area (Å²) in [5.41, 5.74) is 0. The first kappa shape index (κ1) is 11.5. The molecule has 0 fully saturated rings. The molecule has 76 valence electrons. The topological polar surface area (TPSA) is 49.6 Å². The number of aryl methyl sites for hydroxylation is 1. The molecule has 0 aliphatic carbocycles. The predicted molar refractivity (Wildman–Crippen MR) is 59.5 cm³/mol. The first-order valence-electron chi connectivity index (χ1n) is 4.66. The van der Waals surface area contributed by atoms with E-state index in [1.165, 1.54) is 11.5 Å². The summed E-state index contributed by atoms with van der Waals surface area (Å²) in [6.45, 7) is 4.14. The Labute approximate surface area is 92.7 Å². The first-order valence-corrected chi connectivity index (χ1v) is 6.31. The molecule has 1 aromatic rings. The molecule has 1 rings (SSSR count). The molecule has 1 heterocycles. The summed E-state index contributed by atoms with van der Waals surface area (Å²) in [4.78, 5) is 4.36. The molecule has 1 unspecified atom stereocenters. The van der Waals surface area contributed by atoms with Gasteiger partial charge in [-0.2, -0.15) is 9.64 Å². The molecule has 14 heavy (non-hydrogen) atoms. The summed E-state index contributed by atoms with van der Waals surface area (Å²) in [5.74, 6) is 0.907. The molecule has 0 aliphatic rings. The highest BCUT2D eigenvalue weighted by Gasteiger charge is 2.11. The van der Waals surface area contributed by atoms with Gasteiger partial charge in [0.05, 0.1) is 6.07 Å². The van der Waals surface area contributed by atoms with Crippen molar-refractivity contribution in [2.75, 3.05) is 0 Å². The van der Waals surface area contributed by atoms with Crippen molar-refractivity contribution >= 4 is 23.3 Å². The van der Waals surface area contributed by atoms with Crippen LogP contribution >= 0.6 is 23.3 Å². The fourth-order valence-electron chi connectivity index (χ4n) is 0.943. The average Bonchev–Trinajstić information content (AvgIpc) is 2.65. The van der Waals surface area contributed by atoms with Crippen molar-refractivity contribution in [2.24, 2.45) is 0 Å². The quantitative estimate of drug-likeness (QED) is 0.726. The maximum atomic E-state index is 8.60. The van der Waals surface area contributed by atoms with E-state index in [-0.39, 0.29) is 0 Å². The standard InChI is InChI=1S/C9H13N3S2/c1-3-7(5-6-10)13-9-11-8(4-2)12-14-9/h7H,3-5H2,1-2H3. The van der Waals surface area contributed by atoms with Gasteiger partial charge >= 0.3 is 0 Å². The Balaban J connectivity index is 2.54. The SMILES string of the molecule is CCc1nsc(SC(CC)CC#N)n1. The van der Waals surface area contributed by atoms with Gasteiger partial charge in [0, 0.05) is 18.1 Å². The van der Waals surface area contributed by atoms with Gasteiger partial charge in [0.25, 0.3) is 0 Å². The van der Waals surface area contributed by atoms with Crippen LogP contribution in [0.2, 0.25) is 0 Å². The number of nitrogens with zero attached hydrogens (tertiary/aromatic N) is 3. The third-order valence-electron chi connectivity index (χ3n) is 1.81. The van der Waals surface area contributed by atoms with Crippen LogP contribution in [0.25, 0.3) is 0 Å². The van der Waals surface area contributed by atoms with Gasteiger partial charge in [-0.25, -0.2) is 4.98 Å². The average molecular weight is 227 g/mol. The maximum Gasteiger partial charge on any atom is 0.170 e. The van der Waals surface area contributed by atoms with E-state index in [0.29, 0.717) is 11.7 Å². The molecular formula is C9H13N3S2. The largest absolute Gasteiger partial charge is 0.213 e. The minimum Gasteiger partial charge on any atom is -0.213 e. The second-order valence-electron chi connectivity index (χ2n) is 2.84. The monoisotopic (exact) mass is 227 g/mol. The van der Waals surface area contributed by atoms with E-state index >= 15 is 0 Å². The molecule has 0 amide bonds. The van der Waals surface area contributed by atoms with Gasteiger partial charge in [-0.05, 0) is 18.0 Å². The normalized spacial score (nSPS) is 12.4. The van der Waals surface area contributed by atoms with E-state index in [1.54, 1.807) is 11.8 Å². The summed E-state index contributed by atoms with van der Waals surface area (Å²) in [7, 11) is 0. The summed E-state index contributed by atoms with van der Waals surface area (Å²) >= 11 is 3.11. The summed E-state index contributed by atoms with van der Waals surface area (Å²) in [6.07, 6.45) is 2.47. The van der Waals surface area contributed by atoms with E-state index < -0.39 is 0 Å². The maximum absolute atomic E-state index is 8.60. The Morgan fingerprint density at radius 2 is 2.36 bits per heavy atom. The molecule has 0 spiro atoms. The van der Waals surface area contributed by atoms with Gasteiger partial charge in [0.15, 0.2) is 4.34 Å². The second-order valence-corrected chi connectivity index (χ2v) is 5.14. The molecule has 0 N–H and O–H groups in total. The lowest BCUT2D eigenvalue weighted by Crippen LogP contribution is -1.98. The van der Waals surface area contributed by atoms with Crippen molar-refractivity contribution in [1.82, 2.24) is 9.36 Å². The number of thioether (sulfide) groups is 1. The number of aromatic nitrogens is 2. The minimum atomic E-state index is 0.359. The highest BCUT2D eigenvalue weighted by Crippen LogP contribution is 2.28. The Morgan fingerprint density at radius 1 is 1.57 bits per heavy atom. The second kappa shape index (κ2) is 5.99. The van der Waals surface area contributed by atoms with Crippen molar-refractivity contribution < 1.29 is 0 Å². The minimum absolute atomic E-state index is 0.359. The first-order chi connectivity index (χ1) is 6.80. The van der Waals surface area contributed by atoms with Gasteiger partial charge in [-0.15, -0.1) is 0 Å². The van der Waals surface area contributed by atoms with Crippen molar-refractivity contribution in [3.05, 3.63) is 5.82 Å². The van der Waals surface area contributed by atoms with Crippen LogP contribution in [0.5, 0.6) is 0 Å². The Hall–Kier alpha value is -0.600. The Bertz CT molecular complexity index is 316. The highest BCUT2D eigenvalue weighted by atomic mass is 32.2. The van der Waals surface area contributed by atoms with Crippen LogP contribution in [0.3, 0.4) is 0 Å². The lowest BCUT2D eigenvalue weighted by atomic mass is 10.3. The van der Waals surface area contributed by atoms with Gasteiger partial charge in [-0.1, -0.05) is 25.6 Å². The van der Waals surface area contributed by atoms with Crippen molar-refractivity contribution in [1.29, 1.82) is 5.26 Å². The van der Waals surface area contributed by atoms with Gasteiger partial charge in [-0.3, -0.25) is 0 Å². The molecule has 3 nitrogen and oxygen atoms in total. The Morgan fingerprint density at radius 3 is 2.86 bits per heavy atom. The zero-order valence-electron chi connectivity index (χ0n) is 8.36. The lowest BCUT2D eigenvalue weighted by molar-refractivity contribution is 0.840. The van der Waals surface area contributed by atoms with Crippen LogP contribution in [-0.4, -0.2) is 14.6 Å². The van der Waals surface area contributed by atoms with Crippen LogP contribution in [0, 0.1) is 11.3 Å². The van der Waals surface area contributed by atoms with Crippen LogP contribution in [-0.2, 0) is 6.42 Å². The van der Waals surface area contributed by atoms with E-state index in [1.807, 2.05) is 6.92 Å². The van der Waals surface area contributed by atoms with Crippen LogP contribution in [0.15, 0.2) is 4.34 Å². The molecule has 1 atom stereocenters. The fraction of sp³-hybridized carbons (Fsp3) is 0.667. The number of rotatable bonds is 5. The van der Waals surface area contributed by atoms with E-state index in [9.17, 15) is 0 Å². The zero-order chi connectivity index (χ0) is 10.4. The number of hydrogen-bond donors (Lipinski definition) is 0. The molecule has 1 aromatic heterocycles. The summed E-state index contributed by atoms with van der Waals surface area (Å²) < 4.78 is 5.20. The molecule has 5 heteroatoms.